The average molecular weight is 354 g/mol. The van der Waals surface area contributed by atoms with Crippen molar-refractivity contribution in [3.05, 3.63) is 88.6 Å². The van der Waals surface area contributed by atoms with Crippen LogP contribution in [-0.2, 0) is 0 Å². The van der Waals surface area contributed by atoms with E-state index in [1.165, 1.54) is 0 Å². The van der Waals surface area contributed by atoms with Gasteiger partial charge in [-0.25, -0.2) is 4.79 Å². The molecule has 0 amide bonds. The quantitative estimate of drug-likeness (QED) is 0.555. The van der Waals surface area contributed by atoms with Crippen molar-refractivity contribution in [1.29, 1.82) is 0 Å². The summed E-state index contributed by atoms with van der Waals surface area (Å²) < 4.78 is 13.6. The van der Waals surface area contributed by atoms with Gasteiger partial charge in [-0.05, 0) is 60.7 Å². The van der Waals surface area contributed by atoms with E-state index in [0.29, 0.717) is 16.5 Å². The Hall–Kier alpha value is -3.25. The Morgan fingerprint density at radius 3 is 2.24 bits per heavy atom. The van der Waals surface area contributed by atoms with Crippen LogP contribution in [0.1, 0.15) is 0 Å². The Kier molecular flexibility index (Phi) is 3.87. The lowest BCUT2D eigenvalue weighted by molar-refractivity contribution is 0.320. The van der Waals surface area contributed by atoms with Gasteiger partial charge in [0.05, 0.1) is 5.69 Å². The van der Waals surface area contributed by atoms with Crippen LogP contribution in [0.3, 0.4) is 0 Å². The summed E-state index contributed by atoms with van der Waals surface area (Å²) >= 11 is 5.82. The number of hydrogen-bond donors (Lipinski definition) is 0. The molecule has 4 aromatic rings. The smallest absolute Gasteiger partial charge is 0.410 e. The number of hydrogen-bond acceptors (Lipinski definition) is 4. The molecule has 0 unspecified atom stereocenters. The summed E-state index contributed by atoms with van der Waals surface area (Å²) in [4.78, 5) is 12.0. The molecule has 7 heteroatoms. The second-order valence-corrected chi connectivity index (χ2v) is 5.64. The van der Waals surface area contributed by atoms with Crippen LogP contribution in [0.5, 0.6) is 11.8 Å². The molecule has 4 rings (SSSR count). The zero-order valence-corrected chi connectivity index (χ0v) is 13.6. The highest BCUT2D eigenvalue weighted by Crippen LogP contribution is 2.21. The average Bonchev–Trinajstić information content (AvgIpc) is 3.27. The van der Waals surface area contributed by atoms with E-state index in [-0.39, 0.29) is 6.08 Å². The molecule has 124 valence electrons. The molecule has 0 spiro atoms. The summed E-state index contributed by atoms with van der Waals surface area (Å²) in [6, 6.07) is 17.9. The number of nitrogens with zero attached hydrogens (tertiary/aromatic N) is 3. The van der Waals surface area contributed by atoms with Gasteiger partial charge < -0.3 is 13.7 Å². The van der Waals surface area contributed by atoms with E-state index >= 15 is 0 Å². The lowest BCUT2D eigenvalue weighted by atomic mass is 10.3. The standard InChI is InChI=1S/C18H12ClN3O3/c19-13-3-9-16(10-4-13)24-17-20-22(18(23)25-17)15-7-5-14(6-8-15)21-11-1-2-12-21/h1-12H. The van der Waals surface area contributed by atoms with Crippen molar-refractivity contribution in [2.45, 2.75) is 0 Å². The molecule has 0 saturated heterocycles. The molecule has 0 aliphatic carbocycles. The first-order chi connectivity index (χ1) is 12.2. The van der Waals surface area contributed by atoms with Crippen LogP contribution in [0.15, 0.2) is 82.3 Å². The van der Waals surface area contributed by atoms with Crippen molar-refractivity contribution in [1.82, 2.24) is 14.3 Å². The van der Waals surface area contributed by atoms with Crippen molar-refractivity contribution in [2.75, 3.05) is 0 Å². The summed E-state index contributed by atoms with van der Waals surface area (Å²) in [5, 5.41) is 4.65. The predicted molar refractivity (Wildman–Crippen MR) is 93.0 cm³/mol. The maximum absolute atomic E-state index is 12.0. The third kappa shape index (κ3) is 3.20. The second-order valence-electron chi connectivity index (χ2n) is 5.21. The summed E-state index contributed by atoms with van der Waals surface area (Å²) in [6.07, 6.45) is 3.74. The third-order valence-corrected chi connectivity index (χ3v) is 3.80. The summed E-state index contributed by atoms with van der Waals surface area (Å²) in [5.74, 6) is -0.154. The minimum absolute atomic E-state index is 0.137. The lowest BCUT2D eigenvalue weighted by Gasteiger charge is -2.04. The molecule has 6 nitrogen and oxygen atoms in total. The second kappa shape index (κ2) is 6.33. The molecule has 0 fully saturated rings. The van der Waals surface area contributed by atoms with Crippen LogP contribution >= 0.6 is 11.6 Å². The van der Waals surface area contributed by atoms with Crippen molar-refractivity contribution in [3.8, 4) is 23.2 Å². The molecule has 2 aromatic carbocycles. The van der Waals surface area contributed by atoms with Gasteiger partial charge in [-0.1, -0.05) is 16.7 Å². The highest BCUT2D eigenvalue weighted by molar-refractivity contribution is 6.30. The molecule has 0 aliphatic rings. The Labute approximate surface area is 147 Å². The van der Waals surface area contributed by atoms with Crippen molar-refractivity contribution in [2.24, 2.45) is 0 Å². The van der Waals surface area contributed by atoms with E-state index in [0.717, 1.165) is 10.4 Å². The van der Waals surface area contributed by atoms with Gasteiger partial charge in [0.2, 0.25) is 0 Å². The Morgan fingerprint density at radius 1 is 0.920 bits per heavy atom. The fourth-order valence-corrected chi connectivity index (χ4v) is 2.47. The molecule has 0 radical (unpaired) electrons. The van der Waals surface area contributed by atoms with Crippen LogP contribution in [-0.4, -0.2) is 14.3 Å². The summed E-state index contributed by atoms with van der Waals surface area (Å²) in [7, 11) is 0. The van der Waals surface area contributed by atoms with E-state index in [1.54, 1.807) is 36.4 Å². The highest BCUT2D eigenvalue weighted by Gasteiger charge is 2.12. The van der Waals surface area contributed by atoms with Gasteiger partial charge >= 0.3 is 11.8 Å². The van der Waals surface area contributed by atoms with E-state index in [1.807, 2.05) is 41.2 Å². The first-order valence-corrected chi connectivity index (χ1v) is 7.84. The van der Waals surface area contributed by atoms with Crippen molar-refractivity contribution in [3.63, 3.8) is 0 Å². The van der Waals surface area contributed by atoms with Gasteiger partial charge in [0, 0.05) is 23.1 Å². The minimum atomic E-state index is -0.627. The van der Waals surface area contributed by atoms with Crippen LogP contribution in [0.2, 0.25) is 5.02 Å². The van der Waals surface area contributed by atoms with Crippen LogP contribution in [0.25, 0.3) is 11.4 Å². The minimum Gasteiger partial charge on any atom is -0.410 e. The molecule has 0 aliphatic heterocycles. The van der Waals surface area contributed by atoms with Gasteiger partial charge in [0.25, 0.3) is 0 Å². The first-order valence-electron chi connectivity index (χ1n) is 7.46. The number of ether oxygens (including phenoxy) is 1. The first kappa shape index (κ1) is 15.3. The summed E-state index contributed by atoms with van der Waals surface area (Å²) in [5.41, 5.74) is 1.55. The van der Waals surface area contributed by atoms with E-state index in [4.69, 9.17) is 20.8 Å². The monoisotopic (exact) mass is 353 g/mol. The number of rotatable bonds is 4. The molecule has 2 heterocycles. The fourth-order valence-electron chi connectivity index (χ4n) is 2.34. The van der Waals surface area contributed by atoms with E-state index < -0.39 is 5.76 Å². The van der Waals surface area contributed by atoms with E-state index in [9.17, 15) is 4.79 Å². The highest BCUT2D eigenvalue weighted by atomic mass is 35.5. The maximum Gasteiger partial charge on any atom is 0.444 e. The molecule has 2 aromatic heterocycles. The normalized spacial score (nSPS) is 10.8. The van der Waals surface area contributed by atoms with Crippen LogP contribution in [0.4, 0.5) is 0 Å². The SMILES string of the molecule is O=c1oc(Oc2ccc(Cl)cc2)nn1-c1ccc(-n2cccc2)cc1. The Balaban J connectivity index is 1.59. The number of benzene rings is 2. The Bertz CT molecular complexity index is 1030. The fraction of sp³-hybridized carbons (Fsp3) is 0. The van der Waals surface area contributed by atoms with Gasteiger partial charge in [-0.15, -0.1) is 0 Å². The van der Waals surface area contributed by atoms with Gasteiger partial charge in [0.1, 0.15) is 5.75 Å². The van der Waals surface area contributed by atoms with Gasteiger partial charge in [0.15, 0.2) is 0 Å². The number of halogens is 1. The van der Waals surface area contributed by atoms with Crippen LogP contribution < -0.4 is 10.5 Å². The van der Waals surface area contributed by atoms with Gasteiger partial charge in [-0.3, -0.25) is 0 Å². The zero-order chi connectivity index (χ0) is 17.2. The zero-order valence-electron chi connectivity index (χ0n) is 12.9. The van der Waals surface area contributed by atoms with Crippen molar-refractivity contribution < 1.29 is 9.15 Å². The maximum atomic E-state index is 12.0. The largest absolute Gasteiger partial charge is 0.444 e. The third-order valence-electron chi connectivity index (χ3n) is 3.54. The molecule has 0 bridgehead atoms. The molecular formula is C18H12ClN3O3. The molecule has 0 saturated carbocycles. The van der Waals surface area contributed by atoms with Crippen molar-refractivity contribution >= 4 is 11.6 Å². The summed E-state index contributed by atoms with van der Waals surface area (Å²) in [6.45, 7) is 0. The molecule has 0 N–H and O–H groups in total. The molecular weight excluding hydrogens is 342 g/mol. The topological polar surface area (TPSA) is 62.2 Å². The Morgan fingerprint density at radius 2 is 1.56 bits per heavy atom. The molecule has 0 atom stereocenters. The molecule has 25 heavy (non-hydrogen) atoms. The van der Waals surface area contributed by atoms with E-state index in [2.05, 4.69) is 5.10 Å². The van der Waals surface area contributed by atoms with Gasteiger partial charge in [-0.2, -0.15) is 4.68 Å². The predicted octanol–water partition coefficient (Wildman–Crippen LogP) is 4.06. The lowest BCUT2D eigenvalue weighted by Crippen LogP contribution is -2.13. The van der Waals surface area contributed by atoms with Crippen LogP contribution in [0, 0.1) is 0 Å². The number of aromatic nitrogens is 3.